The van der Waals surface area contributed by atoms with Crippen LogP contribution in [0.5, 0.6) is 0 Å². The molecule has 0 fully saturated rings. The lowest BCUT2D eigenvalue weighted by Crippen LogP contribution is -2.37. The van der Waals surface area contributed by atoms with Crippen LogP contribution in [-0.2, 0) is 23.1 Å². The molecule has 0 saturated heterocycles. The molecule has 0 aliphatic rings. The van der Waals surface area contributed by atoms with Crippen molar-refractivity contribution in [3.05, 3.63) is 48.6 Å². The Morgan fingerprint density at radius 3 is 1.90 bits per heavy atom. The topological polar surface area (TPSA) is 105 Å². The zero-order valence-electron chi connectivity index (χ0n) is 24.8. The molecule has 0 rings (SSSR count). The summed E-state index contributed by atoms with van der Waals surface area (Å²) in [5.41, 5.74) is 0. The van der Waals surface area contributed by atoms with Crippen LogP contribution in [0.4, 0.5) is 0 Å². The molecule has 0 amide bonds. The first-order valence-corrected chi connectivity index (χ1v) is 15.9. The number of allylic oxidation sites excluding steroid dienone is 8. The molecule has 39 heavy (non-hydrogen) atoms. The summed E-state index contributed by atoms with van der Waals surface area (Å²) in [6, 6.07) is 0. The number of likely N-dealkylation sites (N-methyl/N-ethyl adjacent to an activating group) is 1. The highest BCUT2D eigenvalue weighted by molar-refractivity contribution is 7.45. The third kappa shape index (κ3) is 29.3. The van der Waals surface area contributed by atoms with Crippen LogP contribution >= 0.6 is 7.82 Å². The summed E-state index contributed by atoms with van der Waals surface area (Å²) in [6.45, 7) is 1.86. The summed E-state index contributed by atoms with van der Waals surface area (Å²) in [6.07, 6.45) is 28.2. The maximum absolute atomic E-state index is 11.8. The fourth-order valence-corrected chi connectivity index (χ4v) is 3.95. The molecule has 0 spiro atoms. The fraction of sp³-hybridized carbons (Fsp3) is 0.700. The second-order valence-electron chi connectivity index (χ2n) is 10.6. The van der Waals surface area contributed by atoms with Gasteiger partial charge >= 0.3 is 5.97 Å². The van der Waals surface area contributed by atoms with E-state index in [0.29, 0.717) is 17.4 Å². The smallest absolute Gasteiger partial charge is 0.305 e. The van der Waals surface area contributed by atoms with Gasteiger partial charge in [0.1, 0.15) is 25.9 Å². The number of aliphatic hydroxyl groups excluding tert-OH is 1. The molecule has 0 aliphatic carbocycles. The van der Waals surface area contributed by atoms with Gasteiger partial charge in [-0.25, -0.2) is 0 Å². The fourth-order valence-electron chi connectivity index (χ4n) is 3.22. The third-order valence-electron chi connectivity index (χ3n) is 5.58. The van der Waals surface area contributed by atoms with Gasteiger partial charge in [0.25, 0.3) is 7.82 Å². The van der Waals surface area contributed by atoms with Crippen LogP contribution in [0.15, 0.2) is 48.6 Å². The average Bonchev–Trinajstić information content (AvgIpc) is 2.86. The minimum absolute atomic E-state index is 0.0161. The van der Waals surface area contributed by atoms with Crippen molar-refractivity contribution < 1.29 is 37.6 Å². The number of carbonyl (C=O) groups is 1. The van der Waals surface area contributed by atoms with E-state index in [1.807, 2.05) is 21.1 Å². The minimum atomic E-state index is -4.50. The van der Waals surface area contributed by atoms with Gasteiger partial charge in [0.05, 0.1) is 27.7 Å². The van der Waals surface area contributed by atoms with Crippen molar-refractivity contribution in [2.24, 2.45) is 0 Å². The monoisotopic (exact) mass is 571 g/mol. The van der Waals surface area contributed by atoms with Crippen LogP contribution in [0.3, 0.4) is 0 Å². The number of rotatable bonds is 25. The van der Waals surface area contributed by atoms with Gasteiger partial charge in [0, 0.05) is 6.42 Å². The van der Waals surface area contributed by atoms with Crippen LogP contribution in [-0.4, -0.2) is 69.2 Å². The summed E-state index contributed by atoms with van der Waals surface area (Å²) >= 11 is 0. The Morgan fingerprint density at radius 1 is 0.821 bits per heavy atom. The van der Waals surface area contributed by atoms with E-state index in [1.165, 1.54) is 25.7 Å². The van der Waals surface area contributed by atoms with E-state index in [9.17, 15) is 19.4 Å². The zero-order valence-corrected chi connectivity index (χ0v) is 25.7. The normalized spacial score (nSPS) is 15.1. The van der Waals surface area contributed by atoms with Crippen molar-refractivity contribution in [1.29, 1.82) is 0 Å². The van der Waals surface area contributed by atoms with Crippen molar-refractivity contribution in [3.8, 4) is 0 Å². The molecule has 1 unspecified atom stereocenters. The maximum atomic E-state index is 11.8. The Labute approximate surface area is 237 Å². The molecule has 0 aromatic carbocycles. The van der Waals surface area contributed by atoms with Crippen molar-refractivity contribution in [1.82, 2.24) is 0 Å². The third-order valence-corrected chi connectivity index (χ3v) is 6.55. The van der Waals surface area contributed by atoms with E-state index >= 15 is 0 Å². The van der Waals surface area contributed by atoms with Crippen LogP contribution in [0.1, 0.15) is 84.0 Å². The number of esters is 1. The molecule has 0 radical (unpaired) electrons. The lowest BCUT2D eigenvalue weighted by molar-refractivity contribution is -0.870. The van der Waals surface area contributed by atoms with Gasteiger partial charge in [-0.05, 0) is 51.4 Å². The van der Waals surface area contributed by atoms with Crippen molar-refractivity contribution >= 4 is 13.8 Å². The zero-order chi connectivity index (χ0) is 29.2. The number of aliphatic hydroxyl groups is 1. The van der Waals surface area contributed by atoms with Crippen LogP contribution < -0.4 is 4.89 Å². The van der Waals surface area contributed by atoms with E-state index < -0.39 is 26.5 Å². The molecule has 1 N–H and O–H groups in total. The predicted octanol–water partition coefficient (Wildman–Crippen LogP) is 6.02. The molecule has 0 aromatic heterocycles. The van der Waals surface area contributed by atoms with E-state index in [1.54, 1.807) is 0 Å². The Hall–Kier alpha value is -1.54. The molecule has 8 nitrogen and oxygen atoms in total. The lowest BCUT2D eigenvalue weighted by atomic mass is 10.1. The second kappa shape index (κ2) is 24.3. The number of ether oxygens (including phenoxy) is 1. The molecule has 9 heteroatoms. The molecule has 2 atom stereocenters. The molecular weight excluding hydrogens is 517 g/mol. The summed E-state index contributed by atoms with van der Waals surface area (Å²) < 4.78 is 26.7. The number of phosphoric ester groups is 1. The van der Waals surface area contributed by atoms with Crippen LogP contribution in [0.2, 0.25) is 0 Å². The Bertz CT molecular complexity index is 772. The molecule has 0 saturated carbocycles. The summed E-state index contributed by atoms with van der Waals surface area (Å²) in [5.74, 6) is -0.420. The van der Waals surface area contributed by atoms with Crippen molar-refractivity contribution in [2.45, 2.75) is 90.1 Å². The lowest BCUT2D eigenvalue weighted by Gasteiger charge is -2.27. The van der Waals surface area contributed by atoms with E-state index in [0.717, 1.165) is 38.5 Å². The largest absolute Gasteiger partial charge is 0.756 e. The Kier molecular flexibility index (Phi) is 23.3. The summed E-state index contributed by atoms with van der Waals surface area (Å²) in [7, 11) is 1.22. The van der Waals surface area contributed by atoms with Gasteiger partial charge in [0.15, 0.2) is 0 Å². The number of quaternary nitrogens is 1. The van der Waals surface area contributed by atoms with E-state index in [2.05, 4.69) is 60.1 Å². The molecule has 0 bridgehead atoms. The molecule has 0 aromatic rings. The van der Waals surface area contributed by atoms with Gasteiger partial charge in [-0.3, -0.25) is 9.36 Å². The van der Waals surface area contributed by atoms with Crippen molar-refractivity contribution in [3.63, 3.8) is 0 Å². The van der Waals surface area contributed by atoms with Gasteiger partial charge in [-0.15, -0.1) is 0 Å². The Balaban J connectivity index is 3.69. The molecule has 0 heterocycles. The number of hydrogen-bond acceptors (Lipinski definition) is 7. The van der Waals surface area contributed by atoms with E-state index in [4.69, 9.17) is 9.26 Å². The average molecular weight is 572 g/mol. The first kappa shape index (κ1) is 37.5. The Morgan fingerprint density at radius 2 is 1.36 bits per heavy atom. The number of carbonyl (C=O) groups excluding carboxylic acids is 1. The molecular formula is C30H54NO7P. The molecule has 0 aliphatic heterocycles. The molecule has 226 valence electrons. The second-order valence-corrected chi connectivity index (χ2v) is 12.0. The number of unbranched alkanes of at least 4 members (excludes halogenated alkanes) is 6. The minimum Gasteiger partial charge on any atom is -0.756 e. The summed E-state index contributed by atoms with van der Waals surface area (Å²) in [4.78, 5) is 23.5. The SMILES string of the molecule is CCCCC/C=C\C/C=C\C/C=C\C/C=C\CCCCCC(=O)OC[C@@H](O)COP(=O)([O-])OCC[N+](C)(C)C. The van der Waals surface area contributed by atoms with Crippen LogP contribution in [0.25, 0.3) is 0 Å². The van der Waals surface area contributed by atoms with Crippen molar-refractivity contribution in [2.75, 3.05) is 47.5 Å². The summed E-state index contributed by atoms with van der Waals surface area (Å²) in [5, 5.41) is 9.81. The number of phosphoric acid groups is 1. The highest BCUT2D eigenvalue weighted by Gasteiger charge is 2.16. The predicted molar refractivity (Wildman–Crippen MR) is 157 cm³/mol. The van der Waals surface area contributed by atoms with Gasteiger partial charge in [-0.1, -0.05) is 74.8 Å². The highest BCUT2D eigenvalue weighted by Crippen LogP contribution is 2.38. The highest BCUT2D eigenvalue weighted by atomic mass is 31.2. The maximum Gasteiger partial charge on any atom is 0.305 e. The van der Waals surface area contributed by atoms with Crippen LogP contribution in [0, 0.1) is 0 Å². The van der Waals surface area contributed by atoms with Gasteiger partial charge in [0.2, 0.25) is 0 Å². The van der Waals surface area contributed by atoms with E-state index in [-0.39, 0.29) is 19.6 Å². The van der Waals surface area contributed by atoms with Gasteiger partial charge < -0.3 is 28.3 Å². The first-order valence-electron chi connectivity index (χ1n) is 14.4. The quantitative estimate of drug-likeness (QED) is 0.0469. The standard InChI is InChI=1S/C30H54NO7P/c1-5-6-7-8-9-10-11-12-13-14-15-16-17-18-19-20-21-22-23-24-30(33)36-27-29(32)28-38-39(34,35)37-26-25-31(2,3)4/h9-10,12-13,15-16,18-19,29,32H,5-8,11,14,17,20-28H2,1-4H3/b10-9-,13-12-,16-15-,19-18-/t29-/m1/s1. The first-order chi connectivity index (χ1) is 18.6. The number of hydrogen-bond donors (Lipinski definition) is 1. The van der Waals surface area contributed by atoms with Gasteiger partial charge in [-0.2, -0.15) is 0 Å². The number of nitrogens with zero attached hydrogens (tertiary/aromatic N) is 1.